The summed E-state index contributed by atoms with van der Waals surface area (Å²) in [6.45, 7) is 2.95. The van der Waals surface area contributed by atoms with Crippen molar-refractivity contribution in [3.05, 3.63) is 53.1 Å². The first-order chi connectivity index (χ1) is 11.7. The van der Waals surface area contributed by atoms with Crippen LogP contribution in [0.2, 0.25) is 0 Å². The summed E-state index contributed by atoms with van der Waals surface area (Å²) in [7, 11) is 0. The van der Waals surface area contributed by atoms with Gasteiger partial charge < -0.3 is 15.2 Å². The zero-order valence-corrected chi connectivity index (χ0v) is 14.0. The lowest BCUT2D eigenvalue weighted by molar-refractivity contribution is -0.0419. The first-order valence-corrected chi connectivity index (χ1v) is 8.95. The Labute approximate surface area is 142 Å². The van der Waals surface area contributed by atoms with Crippen molar-refractivity contribution in [3.63, 3.8) is 0 Å². The quantitative estimate of drug-likeness (QED) is 0.817. The lowest BCUT2D eigenvalue weighted by atomic mass is 9.73. The van der Waals surface area contributed by atoms with E-state index in [1.807, 2.05) is 0 Å². The Morgan fingerprint density at radius 1 is 1.38 bits per heavy atom. The molecule has 1 fully saturated rings. The minimum absolute atomic E-state index is 0.0362. The van der Waals surface area contributed by atoms with Gasteiger partial charge in [-0.15, -0.1) is 0 Å². The van der Waals surface area contributed by atoms with Crippen LogP contribution in [0.3, 0.4) is 0 Å². The molecule has 0 radical (unpaired) electrons. The second-order valence-corrected chi connectivity index (χ2v) is 7.05. The van der Waals surface area contributed by atoms with Gasteiger partial charge in [0.1, 0.15) is 5.76 Å². The minimum Gasteiger partial charge on any atom is -0.505 e. The molecule has 1 aliphatic carbocycles. The lowest BCUT2D eigenvalue weighted by Gasteiger charge is -2.46. The number of aryl methyl sites for hydroxylation is 1. The highest BCUT2D eigenvalue weighted by atomic mass is 19.1. The van der Waals surface area contributed by atoms with E-state index in [0.29, 0.717) is 12.3 Å². The molecule has 1 unspecified atom stereocenters. The van der Waals surface area contributed by atoms with E-state index in [-0.39, 0.29) is 23.8 Å². The zero-order valence-electron chi connectivity index (χ0n) is 14.0. The van der Waals surface area contributed by atoms with Crippen LogP contribution in [-0.2, 0) is 11.2 Å². The van der Waals surface area contributed by atoms with Crippen LogP contribution in [-0.4, -0.2) is 17.8 Å². The molecule has 3 aliphatic rings. The van der Waals surface area contributed by atoms with E-state index in [1.54, 1.807) is 12.2 Å². The van der Waals surface area contributed by atoms with Crippen LogP contribution in [0.4, 0.5) is 10.1 Å². The van der Waals surface area contributed by atoms with E-state index >= 15 is 0 Å². The van der Waals surface area contributed by atoms with Crippen LogP contribution in [0.5, 0.6) is 0 Å². The number of halogens is 1. The first-order valence-electron chi connectivity index (χ1n) is 8.95. The maximum atomic E-state index is 13.9. The van der Waals surface area contributed by atoms with Crippen LogP contribution in [0.15, 0.2) is 41.9 Å². The normalized spacial score (nSPS) is 32.1. The number of aliphatic hydroxyl groups excluding tert-OH is 1. The molecule has 0 aromatic heterocycles. The van der Waals surface area contributed by atoms with Crippen molar-refractivity contribution in [2.75, 3.05) is 11.9 Å². The predicted molar refractivity (Wildman–Crippen MR) is 92.7 cm³/mol. The molecule has 0 bridgehead atoms. The Bertz CT molecular complexity index is 697. The van der Waals surface area contributed by atoms with Gasteiger partial charge in [-0.25, -0.2) is 4.39 Å². The monoisotopic (exact) mass is 329 g/mol. The summed E-state index contributed by atoms with van der Waals surface area (Å²) in [5.41, 5.74) is 3.67. The second-order valence-electron chi connectivity index (χ2n) is 7.05. The van der Waals surface area contributed by atoms with Crippen LogP contribution < -0.4 is 5.32 Å². The van der Waals surface area contributed by atoms with Crippen molar-refractivity contribution in [2.45, 2.75) is 44.8 Å². The topological polar surface area (TPSA) is 41.5 Å². The second kappa shape index (κ2) is 6.25. The van der Waals surface area contributed by atoms with Crippen molar-refractivity contribution in [3.8, 4) is 0 Å². The fourth-order valence-corrected chi connectivity index (χ4v) is 4.34. The SMILES string of the molecule is CCc1ccc2c(c1)[C@H]1OCCC[C@H]1[C@H](C1C=C(F)C(O)=CC1)N2. The number of anilines is 1. The molecule has 4 rings (SSSR count). The molecule has 4 heteroatoms. The first kappa shape index (κ1) is 15.7. The average molecular weight is 329 g/mol. The summed E-state index contributed by atoms with van der Waals surface area (Å²) in [5.74, 6) is -0.366. The summed E-state index contributed by atoms with van der Waals surface area (Å²) in [5, 5.41) is 13.2. The Morgan fingerprint density at radius 3 is 3.04 bits per heavy atom. The number of nitrogens with one attached hydrogen (secondary N) is 1. The number of ether oxygens (including phenoxy) is 1. The number of benzene rings is 1. The molecule has 0 saturated carbocycles. The molecule has 1 aromatic carbocycles. The zero-order chi connectivity index (χ0) is 16.7. The van der Waals surface area contributed by atoms with Crippen molar-refractivity contribution in [2.24, 2.45) is 11.8 Å². The highest BCUT2D eigenvalue weighted by Gasteiger charge is 2.42. The third-order valence-corrected chi connectivity index (χ3v) is 5.63. The highest BCUT2D eigenvalue weighted by molar-refractivity contribution is 5.57. The molecule has 1 saturated heterocycles. The third-order valence-electron chi connectivity index (χ3n) is 5.63. The third kappa shape index (κ3) is 2.63. The summed E-state index contributed by atoms with van der Waals surface area (Å²) < 4.78 is 20.0. The molecular weight excluding hydrogens is 305 g/mol. The van der Waals surface area contributed by atoms with Gasteiger partial charge in [0.25, 0.3) is 0 Å². The molecule has 4 atom stereocenters. The summed E-state index contributed by atoms with van der Waals surface area (Å²) >= 11 is 0. The van der Waals surface area contributed by atoms with Crippen molar-refractivity contribution in [1.82, 2.24) is 0 Å². The van der Waals surface area contributed by atoms with Gasteiger partial charge in [0.15, 0.2) is 5.83 Å². The van der Waals surface area contributed by atoms with E-state index in [1.165, 1.54) is 11.1 Å². The summed E-state index contributed by atoms with van der Waals surface area (Å²) in [6, 6.07) is 6.66. The summed E-state index contributed by atoms with van der Waals surface area (Å²) in [6.07, 6.45) is 7.04. The maximum Gasteiger partial charge on any atom is 0.160 e. The molecule has 2 aliphatic heterocycles. The van der Waals surface area contributed by atoms with Gasteiger partial charge in [-0.2, -0.15) is 0 Å². The van der Waals surface area contributed by atoms with E-state index in [2.05, 4.69) is 30.4 Å². The lowest BCUT2D eigenvalue weighted by Crippen LogP contribution is -2.45. The number of allylic oxidation sites excluding steroid dienone is 2. The van der Waals surface area contributed by atoms with Crippen molar-refractivity contribution in [1.29, 1.82) is 0 Å². The van der Waals surface area contributed by atoms with E-state index in [4.69, 9.17) is 4.74 Å². The number of hydrogen-bond donors (Lipinski definition) is 2. The predicted octanol–water partition coefficient (Wildman–Crippen LogP) is 4.83. The molecular formula is C20H24FNO2. The molecule has 24 heavy (non-hydrogen) atoms. The van der Waals surface area contributed by atoms with Crippen LogP contribution >= 0.6 is 0 Å². The summed E-state index contributed by atoms with van der Waals surface area (Å²) in [4.78, 5) is 0. The smallest absolute Gasteiger partial charge is 0.160 e. The standard InChI is InChI=1S/C20H24FNO2/c1-2-12-5-7-17-15(10-12)20-14(4-3-9-24-20)19(22-17)13-6-8-18(23)16(21)11-13/h5,7-8,10-11,13-14,19-20,22-23H,2-4,6,9H2,1H3/t13?,14-,19-,20-/m0/s1. The van der Waals surface area contributed by atoms with Gasteiger partial charge >= 0.3 is 0 Å². The van der Waals surface area contributed by atoms with E-state index < -0.39 is 5.83 Å². The van der Waals surface area contributed by atoms with E-state index in [9.17, 15) is 9.50 Å². The number of fused-ring (bicyclic) bond motifs is 3. The van der Waals surface area contributed by atoms with Gasteiger partial charge in [-0.05, 0) is 49.5 Å². The van der Waals surface area contributed by atoms with Gasteiger partial charge in [-0.1, -0.05) is 19.1 Å². The Hall–Kier alpha value is -1.81. The van der Waals surface area contributed by atoms with Gasteiger partial charge in [-0.3, -0.25) is 0 Å². The number of rotatable bonds is 2. The molecule has 2 N–H and O–H groups in total. The van der Waals surface area contributed by atoms with Gasteiger partial charge in [0, 0.05) is 35.7 Å². The fraction of sp³-hybridized carbons (Fsp3) is 0.500. The van der Waals surface area contributed by atoms with E-state index in [0.717, 1.165) is 31.6 Å². The maximum absolute atomic E-state index is 13.9. The van der Waals surface area contributed by atoms with Gasteiger partial charge in [0.2, 0.25) is 0 Å². The van der Waals surface area contributed by atoms with Crippen LogP contribution in [0.25, 0.3) is 0 Å². The molecule has 3 nitrogen and oxygen atoms in total. The number of aliphatic hydroxyl groups is 1. The minimum atomic E-state index is -0.506. The number of hydrogen-bond acceptors (Lipinski definition) is 3. The van der Waals surface area contributed by atoms with Gasteiger partial charge in [0.05, 0.1) is 6.10 Å². The molecule has 128 valence electrons. The molecule has 0 spiro atoms. The van der Waals surface area contributed by atoms with Crippen molar-refractivity contribution < 1.29 is 14.2 Å². The van der Waals surface area contributed by atoms with Crippen molar-refractivity contribution >= 4 is 5.69 Å². The highest BCUT2D eigenvalue weighted by Crippen LogP contribution is 2.47. The van der Waals surface area contributed by atoms with Crippen LogP contribution in [0, 0.1) is 11.8 Å². The molecule has 0 amide bonds. The van der Waals surface area contributed by atoms with Crippen LogP contribution in [0.1, 0.15) is 43.4 Å². The molecule has 1 aromatic rings. The largest absolute Gasteiger partial charge is 0.505 e. The Balaban J connectivity index is 1.69. The fourth-order valence-electron chi connectivity index (χ4n) is 4.34. The Kier molecular flexibility index (Phi) is 4.09. The average Bonchev–Trinajstić information content (AvgIpc) is 2.63. The molecule has 2 heterocycles. The Morgan fingerprint density at radius 2 is 2.25 bits per heavy atom.